The molecule has 3 N–H and O–H groups in total. The molecule has 2 atom stereocenters. The highest BCUT2D eigenvalue weighted by Crippen LogP contribution is 1.92. The number of hydrogen-bond acceptors (Lipinski definition) is 5. The van der Waals surface area contributed by atoms with Gasteiger partial charge in [0.05, 0.1) is 12.4 Å². The highest BCUT2D eigenvalue weighted by atomic mass is 32.2. The lowest BCUT2D eigenvalue weighted by molar-refractivity contribution is -0.140. The van der Waals surface area contributed by atoms with E-state index < -0.39 is 34.6 Å². The minimum absolute atomic E-state index is 0.292. The van der Waals surface area contributed by atoms with E-state index >= 15 is 0 Å². The van der Waals surface area contributed by atoms with E-state index in [1.807, 2.05) is 0 Å². The first kappa shape index (κ1) is 17.5. The van der Waals surface area contributed by atoms with Gasteiger partial charge in [-0.05, 0) is 0 Å². The second-order valence-electron chi connectivity index (χ2n) is 3.68. The molecule has 0 aliphatic heterocycles. The van der Waals surface area contributed by atoms with Crippen molar-refractivity contribution in [3.05, 3.63) is 0 Å². The van der Waals surface area contributed by atoms with E-state index in [0.717, 1.165) is 6.92 Å². The Morgan fingerprint density at radius 2 is 2.00 bits per heavy atom. The Morgan fingerprint density at radius 1 is 1.37 bits per heavy atom. The van der Waals surface area contributed by atoms with Gasteiger partial charge in [0, 0.05) is 31.4 Å². The molecule has 19 heavy (non-hydrogen) atoms. The van der Waals surface area contributed by atoms with Gasteiger partial charge in [0.1, 0.15) is 11.8 Å². The van der Waals surface area contributed by atoms with Crippen LogP contribution in [-0.4, -0.2) is 64.9 Å². The summed E-state index contributed by atoms with van der Waals surface area (Å²) < 4.78 is 16.3. The number of hydrogen-bond donors (Lipinski definition) is 3. The predicted molar refractivity (Wildman–Crippen MR) is 68.0 cm³/mol. The summed E-state index contributed by atoms with van der Waals surface area (Å²) in [6.07, 6.45) is 0. The topological polar surface area (TPSA) is 122 Å². The van der Waals surface area contributed by atoms with Gasteiger partial charge in [0.25, 0.3) is 0 Å². The third-order valence-corrected chi connectivity index (χ3v) is 3.24. The molecular weight excluding hydrogens is 276 g/mol. The maximum Gasteiger partial charge on any atom is 0.327 e. The maximum absolute atomic E-state index is 11.6. The van der Waals surface area contributed by atoms with Crippen molar-refractivity contribution >= 4 is 28.6 Å². The minimum atomic E-state index is -1.67. The summed E-state index contributed by atoms with van der Waals surface area (Å²) in [5.74, 6) is -2.90. The molecule has 0 spiro atoms. The van der Waals surface area contributed by atoms with Crippen LogP contribution in [-0.2, 0) is 29.9 Å². The molecule has 1 unspecified atom stereocenters. The largest absolute Gasteiger partial charge is 0.480 e. The van der Waals surface area contributed by atoms with Gasteiger partial charge < -0.3 is 20.5 Å². The molecule has 0 aromatic heterocycles. The van der Waals surface area contributed by atoms with E-state index in [1.165, 1.54) is 7.11 Å². The number of ether oxygens (including phenoxy) is 1. The molecular formula is C10H18N2O6S. The van der Waals surface area contributed by atoms with Gasteiger partial charge in [-0.2, -0.15) is 0 Å². The molecule has 0 aromatic rings. The Labute approximate surface area is 113 Å². The summed E-state index contributed by atoms with van der Waals surface area (Å²) in [6.45, 7) is 1.79. The van der Waals surface area contributed by atoms with Crippen LogP contribution in [0, 0.1) is 0 Å². The number of methoxy groups -OCH3 is 1. The van der Waals surface area contributed by atoms with E-state index in [4.69, 9.17) is 9.84 Å². The molecule has 0 radical (unpaired) electrons. The van der Waals surface area contributed by atoms with Crippen LogP contribution >= 0.6 is 0 Å². The number of carbonyl (C=O) groups excluding carboxylic acids is 2. The summed E-state index contributed by atoms with van der Waals surface area (Å²) in [7, 11) is -0.190. The van der Waals surface area contributed by atoms with Crippen molar-refractivity contribution in [1.29, 1.82) is 0 Å². The first-order valence-electron chi connectivity index (χ1n) is 5.47. The molecule has 0 fully saturated rings. The van der Waals surface area contributed by atoms with Crippen LogP contribution in [0.15, 0.2) is 0 Å². The quantitative estimate of drug-likeness (QED) is 0.426. The molecule has 110 valence electrons. The van der Waals surface area contributed by atoms with Gasteiger partial charge in [-0.3, -0.25) is 13.8 Å². The van der Waals surface area contributed by atoms with Crippen molar-refractivity contribution in [3.8, 4) is 0 Å². The molecule has 9 heteroatoms. The molecule has 0 heterocycles. The van der Waals surface area contributed by atoms with Crippen molar-refractivity contribution < 1.29 is 28.4 Å². The lowest BCUT2D eigenvalue weighted by Gasteiger charge is -2.12. The number of carbonyl (C=O) groups is 3. The summed E-state index contributed by atoms with van der Waals surface area (Å²) in [6, 6.07) is -1.26. The van der Waals surface area contributed by atoms with Crippen molar-refractivity contribution in [1.82, 2.24) is 10.6 Å². The van der Waals surface area contributed by atoms with Gasteiger partial charge in [-0.25, -0.2) is 4.79 Å². The Morgan fingerprint density at radius 3 is 2.47 bits per heavy atom. The average Bonchev–Trinajstić information content (AvgIpc) is 2.27. The van der Waals surface area contributed by atoms with Gasteiger partial charge in [0.2, 0.25) is 11.8 Å². The molecule has 0 saturated heterocycles. The molecule has 2 amide bonds. The van der Waals surface area contributed by atoms with Crippen LogP contribution in [0.3, 0.4) is 0 Å². The monoisotopic (exact) mass is 294 g/mol. The lowest BCUT2D eigenvalue weighted by atomic mass is 10.3. The van der Waals surface area contributed by atoms with Crippen LogP contribution in [0.25, 0.3) is 0 Å². The van der Waals surface area contributed by atoms with E-state index in [0.29, 0.717) is 13.2 Å². The zero-order valence-corrected chi connectivity index (χ0v) is 11.6. The molecule has 0 aliphatic carbocycles. The predicted octanol–water partition coefficient (Wildman–Crippen LogP) is -1.91. The van der Waals surface area contributed by atoms with Crippen molar-refractivity contribution in [3.63, 3.8) is 0 Å². The van der Waals surface area contributed by atoms with Crippen molar-refractivity contribution in [2.24, 2.45) is 0 Å². The Kier molecular flexibility index (Phi) is 8.71. The third-order valence-electron chi connectivity index (χ3n) is 1.95. The lowest BCUT2D eigenvalue weighted by Crippen LogP contribution is -2.44. The van der Waals surface area contributed by atoms with Crippen LogP contribution in [0.1, 0.15) is 6.92 Å². The fourth-order valence-corrected chi connectivity index (χ4v) is 2.26. The molecule has 0 rings (SSSR count). The standard InChI is InChI=1S/C10H18N2O6S/c1-7(13)12-8(10(15)16)5-19(17)6-9(14)11-3-4-18-2/h8H,3-6H2,1-2H3,(H,11,14)(H,12,13)(H,15,16)/t8-,19?/m0/s1. The maximum atomic E-state index is 11.6. The van der Waals surface area contributed by atoms with Crippen LogP contribution in [0.4, 0.5) is 0 Å². The van der Waals surface area contributed by atoms with E-state index in [2.05, 4.69) is 10.6 Å². The van der Waals surface area contributed by atoms with Gasteiger partial charge in [-0.15, -0.1) is 0 Å². The van der Waals surface area contributed by atoms with E-state index in [9.17, 15) is 18.6 Å². The average molecular weight is 294 g/mol. The molecule has 0 bridgehead atoms. The molecule has 8 nitrogen and oxygen atoms in total. The molecule has 0 aliphatic rings. The normalized spacial score (nSPS) is 13.4. The summed E-state index contributed by atoms with van der Waals surface area (Å²) in [5, 5.41) is 13.4. The van der Waals surface area contributed by atoms with Gasteiger partial charge in [-0.1, -0.05) is 0 Å². The van der Waals surface area contributed by atoms with Crippen molar-refractivity contribution in [2.75, 3.05) is 31.8 Å². The fraction of sp³-hybridized carbons (Fsp3) is 0.700. The second-order valence-corrected chi connectivity index (χ2v) is 5.19. The first-order valence-corrected chi connectivity index (χ1v) is 6.96. The summed E-state index contributed by atoms with van der Waals surface area (Å²) >= 11 is 0. The Balaban J connectivity index is 4.15. The Bertz CT molecular complexity index is 360. The molecule has 0 aromatic carbocycles. The number of rotatable bonds is 9. The SMILES string of the molecule is COCCNC(=O)CS(=O)C[C@H](NC(C)=O)C(=O)O. The highest BCUT2D eigenvalue weighted by molar-refractivity contribution is 7.85. The first-order chi connectivity index (χ1) is 8.86. The number of carboxylic acids is 1. The minimum Gasteiger partial charge on any atom is -0.480 e. The van der Waals surface area contributed by atoms with Crippen LogP contribution in [0.2, 0.25) is 0 Å². The van der Waals surface area contributed by atoms with E-state index in [1.54, 1.807) is 0 Å². The van der Waals surface area contributed by atoms with Crippen molar-refractivity contribution in [2.45, 2.75) is 13.0 Å². The number of aliphatic carboxylic acids is 1. The Hall–Kier alpha value is -1.48. The second kappa shape index (κ2) is 9.45. The molecule has 0 saturated carbocycles. The van der Waals surface area contributed by atoms with E-state index in [-0.39, 0.29) is 11.5 Å². The number of amides is 2. The zero-order valence-electron chi connectivity index (χ0n) is 10.8. The number of carboxylic acid groups (broad SMARTS) is 1. The zero-order chi connectivity index (χ0) is 14.8. The third kappa shape index (κ3) is 9.14. The number of nitrogens with one attached hydrogen (secondary N) is 2. The summed E-state index contributed by atoms with van der Waals surface area (Å²) in [4.78, 5) is 32.9. The van der Waals surface area contributed by atoms with Crippen LogP contribution < -0.4 is 10.6 Å². The van der Waals surface area contributed by atoms with Gasteiger partial charge >= 0.3 is 5.97 Å². The van der Waals surface area contributed by atoms with Crippen LogP contribution in [0.5, 0.6) is 0 Å². The fourth-order valence-electron chi connectivity index (χ4n) is 1.15. The van der Waals surface area contributed by atoms with Gasteiger partial charge in [0.15, 0.2) is 0 Å². The summed E-state index contributed by atoms with van der Waals surface area (Å²) in [5.41, 5.74) is 0. The highest BCUT2D eigenvalue weighted by Gasteiger charge is 2.22. The smallest absolute Gasteiger partial charge is 0.327 e.